The minimum Gasteiger partial charge on any atom is -0.480 e. The molecule has 1 aliphatic rings. The first-order valence-corrected chi connectivity index (χ1v) is 19.3. The van der Waals surface area contributed by atoms with Crippen molar-refractivity contribution in [3.8, 4) is 0 Å². The van der Waals surface area contributed by atoms with Crippen molar-refractivity contribution in [2.24, 2.45) is 0 Å². The Morgan fingerprint density at radius 2 is 1.13 bits per heavy atom. The number of hydrazine groups is 2. The minimum atomic E-state index is -1.04. The Labute approximate surface area is 325 Å². The van der Waals surface area contributed by atoms with Crippen LogP contribution in [0.15, 0.2) is 11.9 Å². The maximum atomic E-state index is 11.8. The SMILES string of the molecule is CCNC(=O)CCC(=O)NCCOCCOCCOCCOCCOCCOCCOCCOCC1=CN(CCCCCNC(=O)N[C@H](CC)C(=O)O)NN1. The van der Waals surface area contributed by atoms with Crippen LogP contribution < -0.4 is 32.2 Å². The van der Waals surface area contributed by atoms with Crippen molar-refractivity contribution >= 4 is 23.8 Å². The summed E-state index contributed by atoms with van der Waals surface area (Å²) in [7, 11) is 0. The molecule has 0 aliphatic carbocycles. The minimum absolute atomic E-state index is 0.129. The van der Waals surface area contributed by atoms with Crippen LogP contribution in [0.1, 0.15) is 52.4 Å². The number of carboxylic acids is 1. The number of rotatable bonds is 39. The fourth-order valence-corrected chi connectivity index (χ4v) is 4.51. The molecule has 0 spiro atoms. The van der Waals surface area contributed by atoms with Gasteiger partial charge in [-0.2, -0.15) is 0 Å². The number of nitrogens with one attached hydrogen (secondary N) is 6. The normalized spacial score (nSPS) is 12.9. The van der Waals surface area contributed by atoms with Gasteiger partial charge in [-0.15, -0.1) is 5.53 Å². The standard InChI is InChI=1S/C35H67N7O13/c1-3-31(34(45)46)39-35(47)38-10-6-5-7-12-42-28-30(40-41-42)29-55-27-26-54-25-24-53-23-22-52-21-20-51-19-18-50-17-16-49-15-14-48-13-11-37-33(44)9-8-32(43)36-4-2/h28,31,40-41H,3-27,29H2,1-2H3,(H,36,43)(H,37,44)(H,45,46)(H2,38,39,47)/t31-/m1/s1. The molecule has 0 fully saturated rings. The van der Waals surface area contributed by atoms with Crippen LogP contribution >= 0.6 is 0 Å². The third-order valence-electron chi connectivity index (χ3n) is 7.43. The number of carbonyl (C=O) groups excluding carboxylic acids is 3. The van der Waals surface area contributed by atoms with E-state index in [9.17, 15) is 19.2 Å². The van der Waals surface area contributed by atoms with Gasteiger partial charge in [-0.3, -0.25) is 14.6 Å². The largest absolute Gasteiger partial charge is 0.480 e. The van der Waals surface area contributed by atoms with Crippen LogP contribution in [-0.2, 0) is 52.3 Å². The Morgan fingerprint density at radius 3 is 1.62 bits per heavy atom. The van der Waals surface area contributed by atoms with Crippen molar-refractivity contribution in [2.45, 2.75) is 58.4 Å². The molecular formula is C35H67N7O13. The maximum absolute atomic E-state index is 11.8. The van der Waals surface area contributed by atoms with Crippen LogP contribution in [0.25, 0.3) is 0 Å². The fourth-order valence-electron chi connectivity index (χ4n) is 4.51. The molecule has 20 nitrogen and oxygen atoms in total. The van der Waals surface area contributed by atoms with Gasteiger partial charge >= 0.3 is 12.0 Å². The second-order valence-electron chi connectivity index (χ2n) is 12.0. The van der Waals surface area contributed by atoms with E-state index in [-0.39, 0.29) is 24.7 Å². The number of aliphatic carboxylic acids is 1. The molecule has 0 radical (unpaired) electrons. The van der Waals surface area contributed by atoms with Crippen molar-refractivity contribution in [3.63, 3.8) is 0 Å². The predicted molar refractivity (Wildman–Crippen MR) is 201 cm³/mol. The molecule has 55 heavy (non-hydrogen) atoms. The van der Waals surface area contributed by atoms with Gasteiger partial charge in [0.2, 0.25) is 11.8 Å². The number of hydrogen-bond acceptors (Lipinski definition) is 15. The van der Waals surface area contributed by atoms with E-state index < -0.39 is 18.0 Å². The summed E-state index contributed by atoms with van der Waals surface area (Å²) in [5.41, 5.74) is 7.05. The quantitative estimate of drug-likeness (QED) is 0.0394. The lowest BCUT2D eigenvalue weighted by Gasteiger charge is -2.15. The summed E-state index contributed by atoms with van der Waals surface area (Å²) >= 11 is 0. The third-order valence-corrected chi connectivity index (χ3v) is 7.43. The lowest BCUT2D eigenvalue weighted by atomic mass is 10.2. The van der Waals surface area contributed by atoms with Crippen molar-refractivity contribution in [1.82, 2.24) is 37.2 Å². The van der Waals surface area contributed by atoms with E-state index in [4.69, 9.17) is 43.0 Å². The number of amides is 4. The highest BCUT2D eigenvalue weighted by atomic mass is 16.6. The monoisotopic (exact) mass is 793 g/mol. The molecule has 1 atom stereocenters. The number of carbonyl (C=O) groups is 4. The summed E-state index contributed by atoms with van der Waals surface area (Å²) < 4.78 is 44.0. The molecule has 0 saturated carbocycles. The fraction of sp³-hybridized carbons (Fsp3) is 0.829. The van der Waals surface area contributed by atoms with E-state index >= 15 is 0 Å². The van der Waals surface area contributed by atoms with Crippen molar-refractivity contribution in [1.29, 1.82) is 0 Å². The van der Waals surface area contributed by atoms with E-state index in [1.54, 1.807) is 6.92 Å². The van der Waals surface area contributed by atoms with Gasteiger partial charge in [0.1, 0.15) is 6.04 Å². The van der Waals surface area contributed by atoms with Gasteiger partial charge in [0.15, 0.2) is 0 Å². The van der Waals surface area contributed by atoms with Crippen LogP contribution in [0, 0.1) is 0 Å². The average molecular weight is 794 g/mol. The number of nitrogens with zero attached hydrogens (tertiary/aromatic N) is 1. The second-order valence-corrected chi connectivity index (χ2v) is 12.0. The molecule has 20 heteroatoms. The zero-order valence-corrected chi connectivity index (χ0v) is 32.8. The van der Waals surface area contributed by atoms with Gasteiger partial charge in [-0.1, -0.05) is 6.92 Å². The molecule has 0 bridgehead atoms. The molecule has 0 saturated heterocycles. The van der Waals surface area contributed by atoms with Crippen LogP contribution in [0.4, 0.5) is 4.79 Å². The number of carboxylic acid groups (broad SMARTS) is 1. The molecule has 1 aliphatic heterocycles. The molecule has 7 N–H and O–H groups in total. The summed E-state index contributed by atoms with van der Waals surface area (Å²) in [6.07, 6.45) is 5.25. The van der Waals surface area contributed by atoms with Gasteiger partial charge in [-0.05, 0) is 32.6 Å². The molecule has 320 valence electrons. The molecule has 0 aromatic rings. The van der Waals surface area contributed by atoms with E-state index in [0.29, 0.717) is 132 Å². The summed E-state index contributed by atoms with van der Waals surface area (Å²) in [5.74, 6) is -1.34. The van der Waals surface area contributed by atoms with Crippen molar-refractivity contribution in [3.05, 3.63) is 11.9 Å². The van der Waals surface area contributed by atoms with E-state index in [1.807, 2.05) is 18.1 Å². The molecule has 0 aromatic heterocycles. The van der Waals surface area contributed by atoms with Crippen LogP contribution in [0.2, 0.25) is 0 Å². The molecule has 0 aromatic carbocycles. The van der Waals surface area contributed by atoms with Crippen LogP contribution in [-0.4, -0.2) is 172 Å². The van der Waals surface area contributed by atoms with Gasteiger partial charge < -0.3 is 69.7 Å². The lowest BCUT2D eigenvalue weighted by molar-refractivity contribution is -0.139. The Balaban J connectivity index is 1.75. The summed E-state index contributed by atoms with van der Waals surface area (Å²) in [5, 5.41) is 21.4. The zero-order chi connectivity index (χ0) is 40.0. The highest BCUT2D eigenvalue weighted by molar-refractivity contribution is 5.83. The van der Waals surface area contributed by atoms with Gasteiger partial charge in [0, 0.05) is 45.2 Å². The Morgan fingerprint density at radius 1 is 0.636 bits per heavy atom. The van der Waals surface area contributed by atoms with Crippen LogP contribution in [0.3, 0.4) is 0 Å². The summed E-state index contributed by atoms with van der Waals surface area (Å²) in [6.45, 7) is 13.0. The summed E-state index contributed by atoms with van der Waals surface area (Å²) in [6, 6.07) is -1.33. The smallest absolute Gasteiger partial charge is 0.326 e. The van der Waals surface area contributed by atoms with Gasteiger partial charge in [0.25, 0.3) is 0 Å². The molecule has 4 amide bonds. The number of hydrogen-bond donors (Lipinski definition) is 7. The highest BCUT2D eigenvalue weighted by Crippen LogP contribution is 2.04. The number of urea groups is 1. The van der Waals surface area contributed by atoms with E-state index in [0.717, 1.165) is 31.5 Å². The number of ether oxygens (including phenoxy) is 8. The molecular weight excluding hydrogens is 726 g/mol. The molecule has 1 rings (SSSR count). The second kappa shape index (κ2) is 36.3. The van der Waals surface area contributed by atoms with Gasteiger partial charge in [0.05, 0.1) is 111 Å². The van der Waals surface area contributed by atoms with E-state index in [1.165, 1.54) is 0 Å². The topological polar surface area (TPSA) is 238 Å². The summed E-state index contributed by atoms with van der Waals surface area (Å²) in [4.78, 5) is 45.7. The first-order chi connectivity index (χ1) is 26.8. The van der Waals surface area contributed by atoms with Crippen molar-refractivity contribution in [2.75, 3.05) is 132 Å². The molecule has 1 heterocycles. The van der Waals surface area contributed by atoms with Crippen molar-refractivity contribution < 1.29 is 62.2 Å². The highest BCUT2D eigenvalue weighted by Gasteiger charge is 2.17. The lowest BCUT2D eigenvalue weighted by Crippen LogP contribution is -2.45. The predicted octanol–water partition coefficient (Wildman–Crippen LogP) is -0.349. The van der Waals surface area contributed by atoms with Gasteiger partial charge in [-0.25, -0.2) is 9.59 Å². The van der Waals surface area contributed by atoms with E-state index in [2.05, 4.69) is 32.2 Å². The first kappa shape index (κ1) is 49.7. The van der Waals surface area contributed by atoms with Crippen LogP contribution in [0.5, 0.6) is 0 Å². The Hall–Kier alpha value is -3.34. The third kappa shape index (κ3) is 31.6. The maximum Gasteiger partial charge on any atom is 0.326 e. The molecule has 0 unspecified atom stereocenters. The zero-order valence-electron chi connectivity index (χ0n) is 32.8. The Bertz CT molecular complexity index is 1030. The average Bonchev–Trinajstić information content (AvgIpc) is 3.63. The Kier molecular flexibility index (Phi) is 32.8. The number of unbranched alkanes of at least 4 members (excludes halogenated alkanes) is 2. The first-order valence-electron chi connectivity index (χ1n) is 19.3.